The molecule has 2 atom stereocenters. The zero-order chi connectivity index (χ0) is 12.5. The summed E-state index contributed by atoms with van der Waals surface area (Å²) in [5.41, 5.74) is 0. The molecule has 17 heavy (non-hydrogen) atoms. The maximum absolute atomic E-state index is 6.09. The van der Waals surface area contributed by atoms with Gasteiger partial charge in [0.15, 0.2) is 0 Å². The summed E-state index contributed by atoms with van der Waals surface area (Å²) in [5, 5.41) is 3.65. The maximum atomic E-state index is 6.09. The lowest BCUT2D eigenvalue weighted by molar-refractivity contribution is 0.0184. The van der Waals surface area contributed by atoms with Crippen molar-refractivity contribution in [1.82, 2.24) is 5.32 Å². The molecule has 0 aromatic rings. The van der Waals surface area contributed by atoms with Crippen LogP contribution < -0.4 is 5.32 Å². The van der Waals surface area contributed by atoms with Crippen LogP contribution in [0.1, 0.15) is 65.7 Å². The third-order valence-electron chi connectivity index (χ3n) is 3.66. The van der Waals surface area contributed by atoms with Gasteiger partial charge in [-0.15, -0.1) is 0 Å². The van der Waals surface area contributed by atoms with E-state index in [9.17, 15) is 0 Å². The maximum Gasteiger partial charge on any atom is 0.0725 e. The van der Waals surface area contributed by atoms with E-state index in [1.807, 2.05) is 0 Å². The largest absolute Gasteiger partial charge is 0.377 e. The lowest BCUT2D eigenvalue weighted by Crippen LogP contribution is -2.41. The fraction of sp³-hybridized carbons (Fsp3) is 1.00. The summed E-state index contributed by atoms with van der Waals surface area (Å²) in [5.74, 6) is 0.987. The van der Waals surface area contributed by atoms with Gasteiger partial charge in [-0.05, 0) is 38.1 Å². The summed E-state index contributed by atoms with van der Waals surface area (Å²) >= 11 is 0. The first-order valence-corrected chi connectivity index (χ1v) is 7.66. The standard InChI is InChI=1S/C15H31NO/c1-4-7-14(16-11-5-2)15(6-3)17-12-10-13-8-9-13/h13-16H,4-12H2,1-3H3. The topological polar surface area (TPSA) is 21.3 Å². The van der Waals surface area contributed by atoms with Gasteiger partial charge in [-0.2, -0.15) is 0 Å². The van der Waals surface area contributed by atoms with Gasteiger partial charge in [0.1, 0.15) is 0 Å². The average molecular weight is 241 g/mol. The van der Waals surface area contributed by atoms with Crippen LogP contribution in [0.5, 0.6) is 0 Å². The Labute approximate surface area is 108 Å². The summed E-state index contributed by atoms with van der Waals surface area (Å²) in [6, 6.07) is 0.559. The zero-order valence-corrected chi connectivity index (χ0v) is 12.0. The van der Waals surface area contributed by atoms with Crippen molar-refractivity contribution in [3.8, 4) is 0 Å². The highest BCUT2D eigenvalue weighted by atomic mass is 16.5. The Hall–Kier alpha value is -0.0800. The SMILES string of the molecule is CCCNC(CCC)C(CC)OCCC1CC1. The molecule has 2 unspecified atom stereocenters. The molecule has 1 saturated carbocycles. The Morgan fingerprint density at radius 3 is 2.47 bits per heavy atom. The second kappa shape index (κ2) is 8.93. The Morgan fingerprint density at radius 2 is 1.94 bits per heavy atom. The molecule has 2 heteroatoms. The Kier molecular flexibility index (Phi) is 7.87. The molecule has 0 aliphatic heterocycles. The number of ether oxygens (including phenoxy) is 1. The molecule has 0 amide bonds. The zero-order valence-electron chi connectivity index (χ0n) is 12.0. The van der Waals surface area contributed by atoms with Crippen molar-refractivity contribution in [1.29, 1.82) is 0 Å². The van der Waals surface area contributed by atoms with E-state index < -0.39 is 0 Å². The van der Waals surface area contributed by atoms with E-state index in [1.54, 1.807) is 0 Å². The summed E-state index contributed by atoms with van der Waals surface area (Å²) < 4.78 is 6.09. The third-order valence-corrected chi connectivity index (χ3v) is 3.66. The molecule has 1 aliphatic rings. The van der Waals surface area contributed by atoms with Crippen molar-refractivity contribution >= 4 is 0 Å². The van der Waals surface area contributed by atoms with Gasteiger partial charge in [0.05, 0.1) is 6.10 Å². The normalized spacial score (nSPS) is 19.2. The van der Waals surface area contributed by atoms with Crippen molar-refractivity contribution in [2.45, 2.75) is 77.9 Å². The molecule has 1 fully saturated rings. The highest BCUT2D eigenvalue weighted by Crippen LogP contribution is 2.32. The van der Waals surface area contributed by atoms with Crippen LogP contribution >= 0.6 is 0 Å². The number of hydrogen-bond acceptors (Lipinski definition) is 2. The van der Waals surface area contributed by atoms with Gasteiger partial charge in [0, 0.05) is 12.6 Å². The van der Waals surface area contributed by atoms with Crippen LogP contribution in [-0.4, -0.2) is 25.3 Å². The van der Waals surface area contributed by atoms with Crippen molar-refractivity contribution in [3.63, 3.8) is 0 Å². The van der Waals surface area contributed by atoms with E-state index in [0.29, 0.717) is 12.1 Å². The van der Waals surface area contributed by atoms with Gasteiger partial charge < -0.3 is 10.1 Å². The van der Waals surface area contributed by atoms with Crippen LogP contribution in [0.4, 0.5) is 0 Å². The predicted molar refractivity (Wildman–Crippen MR) is 74.4 cm³/mol. The van der Waals surface area contributed by atoms with Crippen LogP contribution in [0, 0.1) is 5.92 Å². The van der Waals surface area contributed by atoms with Crippen LogP contribution in [0.3, 0.4) is 0 Å². The van der Waals surface area contributed by atoms with Gasteiger partial charge in [-0.1, -0.05) is 40.0 Å². The van der Waals surface area contributed by atoms with E-state index in [0.717, 1.165) is 25.5 Å². The van der Waals surface area contributed by atoms with E-state index in [-0.39, 0.29) is 0 Å². The van der Waals surface area contributed by atoms with E-state index >= 15 is 0 Å². The lowest BCUT2D eigenvalue weighted by Gasteiger charge is -2.27. The molecule has 1 rings (SSSR count). The Morgan fingerprint density at radius 1 is 1.18 bits per heavy atom. The minimum absolute atomic E-state index is 0.417. The van der Waals surface area contributed by atoms with Crippen LogP contribution in [-0.2, 0) is 4.74 Å². The lowest BCUT2D eigenvalue weighted by atomic mass is 10.0. The second-order valence-corrected chi connectivity index (χ2v) is 5.40. The first kappa shape index (κ1) is 15.0. The number of nitrogens with one attached hydrogen (secondary N) is 1. The molecule has 0 saturated heterocycles. The van der Waals surface area contributed by atoms with Crippen molar-refractivity contribution < 1.29 is 4.74 Å². The van der Waals surface area contributed by atoms with Gasteiger partial charge in [0.2, 0.25) is 0 Å². The average Bonchev–Trinajstić information content (AvgIpc) is 3.15. The highest BCUT2D eigenvalue weighted by molar-refractivity contribution is 4.77. The van der Waals surface area contributed by atoms with Gasteiger partial charge in [-0.25, -0.2) is 0 Å². The Bertz CT molecular complexity index is 180. The van der Waals surface area contributed by atoms with Crippen LogP contribution in [0.2, 0.25) is 0 Å². The fourth-order valence-corrected chi connectivity index (χ4v) is 2.37. The number of hydrogen-bond donors (Lipinski definition) is 1. The van der Waals surface area contributed by atoms with Crippen molar-refractivity contribution in [2.24, 2.45) is 5.92 Å². The van der Waals surface area contributed by atoms with Crippen LogP contribution in [0.15, 0.2) is 0 Å². The van der Waals surface area contributed by atoms with Gasteiger partial charge in [-0.3, -0.25) is 0 Å². The fourth-order valence-electron chi connectivity index (χ4n) is 2.37. The quantitative estimate of drug-likeness (QED) is 0.595. The summed E-state index contributed by atoms with van der Waals surface area (Å²) in [6.45, 7) is 8.82. The van der Waals surface area contributed by atoms with E-state index in [1.165, 1.54) is 38.5 Å². The van der Waals surface area contributed by atoms with E-state index in [4.69, 9.17) is 4.74 Å². The molecule has 0 heterocycles. The third kappa shape index (κ3) is 6.42. The van der Waals surface area contributed by atoms with Gasteiger partial charge >= 0.3 is 0 Å². The molecular formula is C15H31NO. The Balaban J connectivity index is 2.24. The molecular weight excluding hydrogens is 210 g/mol. The van der Waals surface area contributed by atoms with Crippen LogP contribution in [0.25, 0.3) is 0 Å². The summed E-state index contributed by atoms with van der Waals surface area (Å²) in [6.07, 6.45) is 9.39. The smallest absolute Gasteiger partial charge is 0.0725 e. The minimum atomic E-state index is 0.417. The first-order chi connectivity index (χ1) is 8.31. The van der Waals surface area contributed by atoms with Gasteiger partial charge in [0.25, 0.3) is 0 Å². The molecule has 0 bridgehead atoms. The molecule has 0 aromatic carbocycles. The monoisotopic (exact) mass is 241 g/mol. The molecule has 102 valence electrons. The van der Waals surface area contributed by atoms with Crippen molar-refractivity contribution in [3.05, 3.63) is 0 Å². The highest BCUT2D eigenvalue weighted by Gasteiger charge is 2.23. The first-order valence-electron chi connectivity index (χ1n) is 7.66. The predicted octanol–water partition coefficient (Wildman–Crippen LogP) is 3.75. The molecule has 1 aliphatic carbocycles. The molecule has 2 nitrogen and oxygen atoms in total. The molecule has 0 spiro atoms. The van der Waals surface area contributed by atoms with Crippen molar-refractivity contribution in [2.75, 3.05) is 13.2 Å². The molecule has 0 aromatic heterocycles. The molecule has 1 N–H and O–H groups in total. The van der Waals surface area contributed by atoms with E-state index in [2.05, 4.69) is 26.1 Å². The number of rotatable bonds is 11. The molecule has 0 radical (unpaired) electrons. The second-order valence-electron chi connectivity index (χ2n) is 5.40. The minimum Gasteiger partial charge on any atom is -0.377 e. The summed E-state index contributed by atoms with van der Waals surface area (Å²) in [4.78, 5) is 0. The summed E-state index contributed by atoms with van der Waals surface area (Å²) in [7, 11) is 0.